The molecule has 1 heterocycles. The number of carbonyl (C=O) groups is 3. The van der Waals surface area contributed by atoms with E-state index in [1.807, 2.05) is 0 Å². The van der Waals surface area contributed by atoms with Gasteiger partial charge in [0, 0.05) is 24.5 Å². The van der Waals surface area contributed by atoms with Gasteiger partial charge in [-0.3, -0.25) is 9.59 Å². The second-order valence-corrected chi connectivity index (χ2v) is 11.2. The summed E-state index contributed by atoms with van der Waals surface area (Å²) in [5.41, 5.74) is -0.469. The van der Waals surface area contributed by atoms with Crippen molar-refractivity contribution in [2.75, 3.05) is 39.1 Å². The Hall–Kier alpha value is -3.10. The monoisotopic (exact) mass is 573 g/mol. The van der Waals surface area contributed by atoms with Crippen LogP contribution in [0.25, 0.3) is 0 Å². The number of hydrogen-bond donors (Lipinski definition) is 2. The third-order valence-corrected chi connectivity index (χ3v) is 8.19. The van der Waals surface area contributed by atoms with Crippen LogP contribution in [0.2, 0.25) is 0 Å². The molecule has 0 bridgehead atoms. The molecule has 2 aromatic carbocycles. The molecule has 1 saturated heterocycles. The third-order valence-electron chi connectivity index (χ3n) is 5.88. The Morgan fingerprint density at radius 2 is 1.76 bits per heavy atom. The van der Waals surface area contributed by atoms with E-state index in [1.165, 1.54) is 32.4 Å². The average molecular weight is 574 g/mol. The molecule has 1 N–H and O–H groups in total. The Morgan fingerprint density at radius 3 is 2.37 bits per heavy atom. The molecule has 2 aromatic rings. The number of amides is 1. The van der Waals surface area contributed by atoms with Crippen molar-refractivity contribution in [3.63, 3.8) is 0 Å². The van der Waals surface area contributed by atoms with E-state index in [-0.39, 0.29) is 26.1 Å². The van der Waals surface area contributed by atoms with Crippen LogP contribution in [0.15, 0.2) is 53.4 Å². The Morgan fingerprint density at radius 1 is 1.13 bits per heavy atom. The first kappa shape index (κ1) is 29.5. The van der Waals surface area contributed by atoms with E-state index in [1.54, 1.807) is 12.1 Å². The zero-order valence-electron chi connectivity index (χ0n) is 20.4. The second-order valence-electron chi connectivity index (χ2n) is 8.63. The second kappa shape index (κ2) is 11.7. The average Bonchev–Trinajstić information content (AvgIpc) is 3.28. The largest absolute Gasteiger partial charge is 0.465 e. The SMILES string of the molecule is COC(=O)c1ccc(NCC(=O)CN(C)C(=O)C2CC(S)CN2S(=O)(=O)c2ccccc2C(F)(F)F)cc1. The van der Waals surface area contributed by atoms with Gasteiger partial charge in [-0.25, -0.2) is 13.2 Å². The number of halogens is 3. The first-order chi connectivity index (χ1) is 17.8. The van der Waals surface area contributed by atoms with E-state index >= 15 is 0 Å². The minimum Gasteiger partial charge on any atom is -0.465 e. The highest BCUT2D eigenvalue weighted by atomic mass is 32.2. The number of rotatable bonds is 9. The van der Waals surface area contributed by atoms with Gasteiger partial charge in [0.1, 0.15) is 6.04 Å². The van der Waals surface area contributed by atoms with Crippen LogP contribution >= 0.6 is 12.6 Å². The molecule has 0 saturated carbocycles. The van der Waals surface area contributed by atoms with E-state index in [9.17, 15) is 36.0 Å². The number of likely N-dealkylation sites (N-methyl/N-ethyl adjacent to an activating group) is 1. The fraction of sp³-hybridized carbons (Fsp3) is 0.375. The van der Waals surface area contributed by atoms with Crippen molar-refractivity contribution in [2.24, 2.45) is 0 Å². The van der Waals surface area contributed by atoms with Crippen LogP contribution in [0.3, 0.4) is 0 Å². The molecule has 0 aliphatic carbocycles. The van der Waals surface area contributed by atoms with E-state index in [4.69, 9.17) is 0 Å². The van der Waals surface area contributed by atoms with Gasteiger partial charge in [0.05, 0.1) is 36.2 Å². The Balaban J connectivity index is 1.69. The molecule has 0 radical (unpaired) electrons. The molecular formula is C24H26F3N3O6S2. The maximum absolute atomic E-state index is 13.5. The van der Waals surface area contributed by atoms with Crippen molar-refractivity contribution in [1.29, 1.82) is 0 Å². The Bertz CT molecular complexity index is 1300. The molecule has 1 fully saturated rings. The van der Waals surface area contributed by atoms with Crippen molar-refractivity contribution >= 4 is 46.0 Å². The van der Waals surface area contributed by atoms with Crippen LogP contribution < -0.4 is 5.32 Å². The fourth-order valence-electron chi connectivity index (χ4n) is 4.02. The lowest BCUT2D eigenvalue weighted by atomic mass is 10.2. The van der Waals surface area contributed by atoms with Crippen LogP contribution in [0.1, 0.15) is 22.3 Å². The minimum atomic E-state index is -4.92. The third kappa shape index (κ3) is 6.66. The van der Waals surface area contributed by atoms with Gasteiger partial charge in [-0.15, -0.1) is 0 Å². The number of ketones is 1. The molecule has 0 aromatic heterocycles. The maximum Gasteiger partial charge on any atom is 0.417 e. The lowest BCUT2D eigenvalue weighted by Crippen LogP contribution is -2.48. The number of ether oxygens (including phenoxy) is 1. The number of alkyl halides is 3. The van der Waals surface area contributed by atoms with Gasteiger partial charge in [0.25, 0.3) is 0 Å². The van der Waals surface area contributed by atoms with Gasteiger partial charge in [-0.2, -0.15) is 30.1 Å². The number of sulfonamides is 1. The van der Waals surface area contributed by atoms with E-state index in [0.29, 0.717) is 17.3 Å². The first-order valence-corrected chi connectivity index (χ1v) is 13.3. The number of thiol groups is 1. The van der Waals surface area contributed by atoms with Gasteiger partial charge >= 0.3 is 12.1 Å². The Labute approximate surface area is 223 Å². The van der Waals surface area contributed by atoms with Gasteiger partial charge in [-0.1, -0.05) is 12.1 Å². The topological polar surface area (TPSA) is 113 Å². The summed E-state index contributed by atoms with van der Waals surface area (Å²) in [6.07, 6.45) is -4.95. The first-order valence-electron chi connectivity index (χ1n) is 11.3. The quantitative estimate of drug-likeness (QED) is 0.350. The molecule has 1 amide bonds. The summed E-state index contributed by atoms with van der Waals surface area (Å²) in [5, 5.41) is 2.27. The van der Waals surface area contributed by atoms with Crippen molar-refractivity contribution in [2.45, 2.75) is 28.8 Å². The van der Waals surface area contributed by atoms with Gasteiger partial charge < -0.3 is 15.0 Å². The standard InChI is InChI=1S/C24H26F3N3O6S2/c1-29(13-17(31)12-28-16-9-7-15(8-10-16)23(33)36-2)22(32)20-11-18(37)14-30(20)38(34,35)21-6-4-3-5-19(21)24(25,26)27/h3-10,18,20,28,37H,11-14H2,1-2H3. The van der Waals surface area contributed by atoms with Crippen molar-refractivity contribution in [1.82, 2.24) is 9.21 Å². The smallest absolute Gasteiger partial charge is 0.417 e. The van der Waals surface area contributed by atoms with Gasteiger partial charge in [0.2, 0.25) is 15.9 Å². The number of hydrogen-bond acceptors (Lipinski definition) is 8. The van der Waals surface area contributed by atoms with Gasteiger partial charge in [0.15, 0.2) is 5.78 Å². The van der Waals surface area contributed by atoms with Crippen LogP contribution in [0, 0.1) is 0 Å². The fourth-order valence-corrected chi connectivity index (χ4v) is 6.36. The Kier molecular flexibility index (Phi) is 9.10. The normalized spacial score (nSPS) is 18.2. The number of Topliss-reactive ketones (excluding diaryl/α,β-unsaturated/α-hetero) is 1. The van der Waals surface area contributed by atoms with Gasteiger partial charge in [-0.05, 0) is 42.8 Å². The number of benzene rings is 2. The lowest BCUT2D eigenvalue weighted by molar-refractivity contribution is -0.140. The number of anilines is 1. The van der Waals surface area contributed by atoms with E-state index in [2.05, 4.69) is 22.7 Å². The molecule has 9 nitrogen and oxygen atoms in total. The summed E-state index contributed by atoms with van der Waals surface area (Å²) in [4.78, 5) is 37.2. The van der Waals surface area contributed by atoms with Crippen LogP contribution in [0.5, 0.6) is 0 Å². The zero-order chi connectivity index (χ0) is 28.3. The van der Waals surface area contributed by atoms with Crippen molar-refractivity contribution < 1.29 is 40.7 Å². The number of methoxy groups -OCH3 is 1. The highest BCUT2D eigenvalue weighted by molar-refractivity contribution is 7.89. The van der Waals surface area contributed by atoms with E-state index < -0.39 is 55.6 Å². The molecule has 38 heavy (non-hydrogen) atoms. The summed E-state index contributed by atoms with van der Waals surface area (Å²) in [7, 11) is -2.15. The minimum absolute atomic E-state index is 0.0291. The molecule has 2 atom stereocenters. The molecule has 3 rings (SSSR count). The number of esters is 1. The van der Waals surface area contributed by atoms with Crippen LogP contribution in [0.4, 0.5) is 18.9 Å². The summed E-state index contributed by atoms with van der Waals surface area (Å²) in [6, 6.07) is 8.61. The summed E-state index contributed by atoms with van der Waals surface area (Å²) >= 11 is 4.27. The highest BCUT2D eigenvalue weighted by Gasteiger charge is 2.46. The number of nitrogens with zero attached hydrogens (tertiary/aromatic N) is 2. The predicted octanol–water partition coefficient (Wildman–Crippen LogP) is 2.69. The molecule has 1 aliphatic rings. The molecular weight excluding hydrogens is 547 g/mol. The molecule has 14 heteroatoms. The number of carbonyl (C=O) groups excluding carboxylic acids is 3. The summed E-state index contributed by atoms with van der Waals surface area (Å²) in [5.74, 6) is -1.65. The maximum atomic E-state index is 13.5. The van der Waals surface area contributed by atoms with Crippen molar-refractivity contribution in [3.05, 3.63) is 59.7 Å². The highest BCUT2D eigenvalue weighted by Crippen LogP contribution is 2.37. The number of nitrogens with one attached hydrogen (secondary N) is 1. The predicted molar refractivity (Wildman–Crippen MR) is 135 cm³/mol. The van der Waals surface area contributed by atoms with Crippen LogP contribution in [-0.4, -0.2) is 80.4 Å². The molecule has 206 valence electrons. The molecule has 0 spiro atoms. The lowest BCUT2D eigenvalue weighted by Gasteiger charge is -2.28. The van der Waals surface area contributed by atoms with E-state index in [0.717, 1.165) is 21.3 Å². The summed E-state index contributed by atoms with van der Waals surface area (Å²) in [6.45, 7) is -0.804. The van der Waals surface area contributed by atoms with Crippen LogP contribution in [-0.2, 0) is 30.5 Å². The molecule has 1 aliphatic heterocycles. The zero-order valence-corrected chi connectivity index (χ0v) is 22.1. The molecule has 2 unspecified atom stereocenters. The summed E-state index contributed by atoms with van der Waals surface area (Å²) < 4.78 is 72.4. The van der Waals surface area contributed by atoms with Crippen molar-refractivity contribution in [3.8, 4) is 0 Å².